The highest BCUT2D eigenvalue weighted by Gasteiger charge is 2.79. The molecule has 1 aliphatic heterocycles. The van der Waals surface area contributed by atoms with Gasteiger partial charge in [-0.2, -0.15) is 13.2 Å². The van der Waals surface area contributed by atoms with Crippen LogP contribution in [0.4, 0.5) is 13.2 Å². The van der Waals surface area contributed by atoms with Crippen molar-refractivity contribution in [3.05, 3.63) is 33.1 Å². The number of nitrogens with zero attached hydrogens (tertiary/aromatic N) is 3. The fourth-order valence-electron chi connectivity index (χ4n) is 4.76. The van der Waals surface area contributed by atoms with Gasteiger partial charge < -0.3 is 0 Å². The third-order valence-electron chi connectivity index (χ3n) is 5.91. The van der Waals surface area contributed by atoms with Crippen molar-refractivity contribution in [1.29, 1.82) is 0 Å². The Morgan fingerprint density at radius 2 is 1.92 bits per heavy atom. The fraction of sp³-hybridized carbons (Fsp3) is 0.562. The molecule has 3 fully saturated rings. The molecule has 0 radical (unpaired) electrons. The molecule has 126 valence electrons. The van der Waals surface area contributed by atoms with Crippen LogP contribution in [0.2, 0.25) is 5.15 Å². The van der Waals surface area contributed by atoms with Crippen molar-refractivity contribution in [1.82, 2.24) is 14.5 Å². The lowest BCUT2D eigenvalue weighted by Gasteiger charge is -2.70. The van der Waals surface area contributed by atoms with E-state index in [9.17, 15) is 18.0 Å². The zero-order valence-corrected chi connectivity index (χ0v) is 13.3. The van der Waals surface area contributed by atoms with E-state index in [0.717, 1.165) is 6.42 Å². The number of hydrogen-bond acceptors (Lipinski definition) is 3. The average Bonchev–Trinajstić information content (AvgIpc) is 2.84. The molecule has 3 aliphatic carbocycles. The summed E-state index contributed by atoms with van der Waals surface area (Å²) in [5.41, 5.74) is -1.46. The number of rotatable bonds is 1. The second-order valence-corrected chi connectivity index (χ2v) is 7.75. The summed E-state index contributed by atoms with van der Waals surface area (Å²) < 4.78 is 41.0. The Labute approximate surface area is 139 Å². The van der Waals surface area contributed by atoms with E-state index in [4.69, 9.17) is 11.6 Å². The van der Waals surface area contributed by atoms with Gasteiger partial charge in [0.2, 0.25) is 0 Å². The van der Waals surface area contributed by atoms with Gasteiger partial charge in [-0.05, 0) is 31.7 Å². The predicted molar refractivity (Wildman–Crippen MR) is 81.1 cm³/mol. The second-order valence-electron chi connectivity index (χ2n) is 7.37. The Morgan fingerprint density at radius 1 is 1.21 bits per heavy atom. The van der Waals surface area contributed by atoms with Crippen LogP contribution in [0.1, 0.15) is 37.2 Å². The van der Waals surface area contributed by atoms with E-state index in [-0.39, 0.29) is 30.0 Å². The molecule has 0 saturated heterocycles. The van der Waals surface area contributed by atoms with Crippen LogP contribution in [-0.2, 0) is 18.4 Å². The maximum absolute atomic E-state index is 13.1. The van der Waals surface area contributed by atoms with E-state index in [1.165, 1.54) is 6.07 Å². The molecule has 8 heteroatoms. The Hall–Kier alpha value is -1.63. The Kier molecular flexibility index (Phi) is 2.52. The number of pyridine rings is 1. The number of alkyl halides is 3. The summed E-state index contributed by atoms with van der Waals surface area (Å²) in [5.74, 6) is 0.690. The molecule has 0 unspecified atom stereocenters. The largest absolute Gasteiger partial charge is 0.394 e. The summed E-state index contributed by atoms with van der Waals surface area (Å²) in [5, 5.41) is 0.502. The van der Waals surface area contributed by atoms with E-state index in [1.807, 2.05) is 0 Å². The molecule has 3 heterocycles. The normalized spacial score (nSPS) is 30.8. The van der Waals surface area contributed by atoms with Gasteiger partial charge in [-0.25, -0.2) is 9.97 Å². The van der Waals surface area contributed by atoms with Crippen LogP contribution in [0, 0.1) is 5.41 Å². The fourth-order valence-corrected chi connectivity index (χ4v) is 4.96. The van der Waals surface area contributed by atoms with Crippen LogP contribution in [-0.4, -0.2) is 20.7 Å². The first-order chi connectivity index (χ1) is 11.2. The van der Waals surface area contributed by atoms with Crippen molar-refractivity contribution in [2.75, 3.05) is 0 Å². The SMILES string of the molecule is O=c1c2cc(Cl)nc(C34CC(C(F)(F)F)(C3)C4)c2nc2n1CCC2. The standard InChI is InChI=1S/C16H13ClF3N3O/c17-9-4-8-11(22-10-2-1-3-23(10)13(8)24)12(21-9)14-5-15(6-14,7-14)16(18,19)20/h4H,1-3,5-7H2. The van der Waals surface area contributed by atoms with Crippen LogP contribution in [0.15, 0.2) is 10.9 Å². The van der Waals surface area contributed by atoms with Crippen LogP contribution in [0.3, 0.4) is 0 Å². The number of fused-ring (bicyclic) bond motifs is 2. The van der Waals surface area contributed by atoms with Crippen molar-refractivity contribution >= 4 is 22.5 Å². The Balaban J connectivity index is 1.69. The summed E-state index contributed by atoms with van der Waals surface area (Å²) in [6.45, 7) is 0.620. The first kappa shape index (κ1) is 14.7. The highest BCUT2D eigenvalue weighted by molar-refractivity contribution is 6.30. The second kappa shape index (κ2) is 4.12. The quantitative estimate of drug-likeness (QED) is 0.737. The smallest absolute Gasteiger partial charge is 0.296 e. The van der Waals surface area contributed by atoms with Crippen LogP contribution in [0.5, 0.6) is 0 Å². The van der Waals surface area contributed by atoms with Gasteiger partial charge in [0, 0.05) is 18.4 Å². The third-order valence-corrected chi connectivity index (χ3v) is 6.10. The molecular formula is C16H13ClF3N3O. The van der Waals surface area contributed by atoms with Gasteiger partial charge in [0.15, 0.2) is 0 Å². The molecule has 4 nitrogen and oxygen atoms in total. The topological polar surface area (TPSA) is 47.8 Å². The summed E-state index contributed by atoms with van der Waals surface area (Å²) in [7, 11) is 0. The molecule has 0 aromatic carbocycles. The maximum Gasteiger partial charge on any atom is 0.394 e. The molecule has 0 amide bonds. The van der Waals surface area contributed by atoms with Crippen molar-refractivity contribution < 1.29 is 13.2 Å². The summed E-state index contributed by atoms with van der Waals surface area (Å²) in [6.07, 6.45) is -2.58. The van der Waals surface area contributed by atoms with Crippen molar-refractivity contribution in [3.63, 3.8) is 0 Å². The van der Waals surface area contributed by atoms with Crippen molar-refractivity contribution in [2.24, 2.45) is 5.41 Å². The number of aromatic nitrogens is 3. The number of aryl methyl sites for hydroxylation is 1. The van der Waals surface area contributed by atoms with Gasteiger partial charge in [-0.1, -0.05) is 11.6 Å². The van der Waals surface area contributed by atoms with E-state index in [1.54, 1.807) is 4.57 Å². The predicted octanol–water partition coefficient (Wildman–Crippen LogP) is 3.38. The van der Waals surface area contributed by atoms with Gasteiger partial charge in [0.1, 0.15) is 16.5 Å². The van der Waals surface area contributed by atoms with Crippen LogP contribution >= 0.6 is 11.6 Å². The van der Waals surface area contributed by atoms with Gasteiger partial charge in [0.05, 0.1) is 16.5 Å². The zero-order valence-electron chi connectivity index (χ0n) is 12.6. The molecule has 0 N–H and O–H groups in total. The zero-order chi connectivity index (χ0) is 16.9. The highest BCUT2D eigenvalue weighted by Crippen LogP contribution is 2.78. The molecule has 4 aliphatic rings. The summed E-state index contributed by atoms with van der Waals surface area (Å²) >= 11 is 6.07. The lowest BCUT2D eigenvalue weighted by molar-refractivity contribution is -0.337. The Morgan fingerprint density at radius 3 is 2.58 bits per heavy atom. The molecule has 2 aromatic heterocycles. The average molecular weight is 356 g/mol. The molecule has 2 bridgehead atoms. The lowest BCUT2D eigenvalue weighted by Crippen LogP contribution is -2.70. The minimum absolute atomic E-state index is 0.0199. The highest BCUT2D eigenvalue weighted by atomic mass is 35.5. The molecule has 24 heavy (non-hydrogen) atoms. The van der Waals surface area contributed by atoms with Gasteiger partial charge in [-0.3, -0.25) is 9.36 Å². The lowest BCUT2D eigenvalue weighted by atomic mass is 9.34. The maximum atomic E-state index is 13.1. The van der Waals surface area contributed by atoms with E-state index in [0.29, 0.717) is 35.4 Å². The summed E-state index contributed by atoms with van der Waals surface area (Å²) in [4.78, 5) is 21.5. The molecule has 0 spiro atoms. The van der Waals surface area contributed by atoms with Crippen molar-refractivity contribution in [3.8, 4) is 0 Å². The minimum atomic E-state index is -4.18. The minimum Gasteiger partial charge on any atom is -0.296 e. The molecule has 0 atom stereocenters. The number of hydrogen-bond donors (Lipinski definition) is 0. The van der Waals surface area contributed by atoms with Crippen LogP contribution < -0.4 is 5.56 Å². The first-order valence-corrected chi connectivity index (χ1v) is 8.30. The van der Waals surface area contributed by atoms with Gasteiger partial charge >= 0.3 is 6.18 Å². The van der Waals surface area contributed by atoms with Gasteiger partial charge in [0.25, 0.3) is 5.56 Å². The number of halogens is 4. The Bertz CT molecular complexity index is 946. The molecule has 6 rings (SSSR count). The molecule has 2 aromatic rings. The third kappa shape index (κ3) is 1.59. The van der Waals surface area contributed by atoms with E-state index >= 15 is 0 Å². The monoisotopic (exact) mass is 355 g/mol. The summed E-state index contributed by atoms with van der Waals surface area (Å²) in [6, 6.07) is 1.48. The molecular weight excluding hydrogens is 343 g/mol. The van der Waals surface area contributed by atoms with Gasteiger partial charge in [-0.15, -0.1) is 0 Å². The van der Waals surface area contributed by atoms with E-state index < -0.39 is 17.0 Å². The van der Waals surface area contributed by atoms with Crippen molar-refractivity contribution in [2.45, 2.75) is 50.2 Å². The van der Waals surface area contributed by atoms with Crippen LogP contribution in [0.25, 0.3) is 10.9 Å². The van der Waals surface area contributed by atoms with E-state index in [2.05, 4.69) is 9.97 Å². The molecule has 3 saturated carbocycles. The first-order valence-electron chi connectivity index (χ1n) is 7.92.